The van der Waals surface area contributed by atoms with E-state index in [0.29, 0.717) is 31.4 Å². The maximum atomic E-state index is 14.3. The van der Waals surface area contributed by atoms with Crippen molar-refractivity contribution in [3.05, 3.63) is 29.6 Å². The van der Waals surface area contributed by atoms with Gasteiger partial charge in [0.15, 0.2) is 5.96 Å². The molecular weight excluding hydrogens is 295 g/mol. The summed E-state index contributed by atoms with van der Waals surface area (Å²) in [6.07, 6.45) is 3.59. The van der Waals surface area contributed by atoms with E-state index in [2.05, 4.69) is 9.89 Å². The van der Waals surface area contributed by atoms with Crippen LogP contribution in [0.5, 0.6) is 0 Å². The van der Waals surface area contributed by atoms with Crippen molar-refractivity contribution in [3.8, 4) is 0 Å². The molecule has 2 aliphatic rings. The van der Waals surface area contributed by atoms with E-state index < -0.39 is 0 Å². The number of aliphatic imine (C=N–C) groups is 1. The number of benzene rings is 1. The summed E-state index contributed by atoms with van der Waals surface area (Å²) in [6, 6.07) is 5.33. The molecule has 0 aliphatic carbocycles. The van der Waals surface area contributed by atoms with Crippen LogP contribution in [-0.4, -0.2) is 50.3 Å². The molecule has 0 atom stereocenters. The average molecular weight is 320 g/mol. The van der Waals surface area contributed by atoms with Crippen LogP contribution in [0.4, 0.5) is 10.1 Å². The molecule has 5 nitrogen and oxygen atoms in total. The predicted octanol–water partition coefficient (Wildman–Crippen LogP) is 1.96. The lowest BCUT2D eigenvalue weighted by Crippen LogP contribution is -2.40. The molecule has 3 rings (SSSR count). The molecule has 23 heavy (non-hydrogen) atoms. The topological polar surface area (TPSA) is 54.1 Å². The predicted molar refractivity (Wildman–Crippen MR) is 90.2 cm³/mol. The van der Waals surface area contributed by atoms with Gasteiger partial charge in [0.25, 0.3) is 0 Å². The number of hydrogen-bond acceptors (Lipinski definition) is 3. The highest BCUT2D eigenvalue weighted by Crippen LogP contribution is 2.22. The van der Waals surface area contributed by atoms with Crippen molar-refractivity contribution in [2.24, 2.45) is 10.7 Å². The van der Waals surface area contributed by atoms with Crippen LogP contribution in [0, 0.1) is 5.82 Å². The second-order valence-corrected chi connectivity index (χ2v) is 6.11. The molecule has 1 aromatic rings. The summed E-state index contributed by atoms with van der Waals surface area (Å²) in [7, 11) is 0. The zero-order chi connectivity index (χ0) is 16.1. The van der Waals surface area contributed by atoms with Gasteiger partial charge in [0, 0.05) is 26.2 Å². The second kappa shape index (κ2) is 7.64. The van der Waals surface area contributed by atoms with Crippen LogP contribution in [-0.2, 0) is 11.3 Å². The Bertz CT molecular complexity index is 552. The first-order valence-electron chi connectivity index (χ1n) is 8.40. The van der Waals surface area contributed by atoms with Crippen LogP contribution in [0.15, 0.2) is 23.2 Å². The Morgan fingerprint density at radius 1 is 1.13 bits per heavy atom. The van der Waals surface area contributed by atoms with Gasteiger partial charge in [-0.05, 0) is 37.0 Å². The molecule has 0 bridgehead atoms. The Kier molecular flexibility index (Phi) is 5.33. The van der Waals surface area contributed by atoms with Gasteiger partial charge in [0.1, 0.15) is 5.82 Å². The van der Waals surface area contributed by atoms with Crippen molar-refractivity contribution in [3.63, 3.8) is 0 Å². The van der Waals surface area contributed by atoms with Crippen LogP contribution in [0.1, 0.15) is 24.8 Å². The molecule has 2 saturated heterocycles. The van der Waals surface area contributed by atoms with Gasteiger partial charge >= 0.3 is 0 Å². The molecule has 0 aromatic heterocycles. The lowest BCUT2D eigenvalue weighted by atomic mass is 10.1. The van der Waals surface area contributed by atoms with Crippen molar-refractivity contribution in [1.82, 2.24) is 4.90 Å². The molecule has 2 aliphatic heterocycles. The number of guanidine groups is 1. The zero-order valence-electron chi connectivity index (χ0n) is 13.5. The summed E-state index contributed by atoms with van der Waals surface area (Å²) in [5.74, 6) is 0.374. The summed E-state index contributed by atoms with van der Waals surface area (Å²) >= 11 is 0. The van der Waals surface area contributed by atoms with E-state index in [9.17, 15) is 4.39 Å². The molecule has 126 valence electrons. The minimum Gasteiger partial charge on any atom is -0.378 e. The molecule has 1 aromatic carbocycles. The number of ether oxygens (including phenoxy) is 1. The molecule has 0 unspecified atom stereocenters. The quantitative estimate of drug-likeness (QED) is 0.683. The number of nitrogens with zero attached hydrogens (tertiary/aromatic N) is 3. The number of morpholine rings is 1. The van der Waals surface area contributed by atoms with Crippen molar-refractivity contribution >= 4 is 11.6 Å². The summed E-state index contributed by atoms with van der Waals surface area (Å²) in [6.45, 7) is 5.13. The average Bonchev–Trinajstić information content (AvgIpc) is 2.61. The van der Waals surface area contributed by atoms with E-state index in [1.54, 1.807) is 6.07 Å². The first-order valence-corrected chi connectivity index (χ1v) is 8.40. The van der Waals surface area contributed by atoms with Gasteiger partial charge in [0.05, 0.1) is 25.4 Å². The van der Waals surface area contributed by atoms with Gasteiger partial charge < -0.3 is 20.3 Å². The van der Waals surface area contributed by atoms with Gasteiger partial charge in [-0.25, -0.2) is 9.38 Å². The minimum atomic E-state index is -0.198. The molecule has 2 N–H and O–H groups in total. The molecule has 6 heteroatoms. The number of piperidine rings is 1. The number of rotatable bonds is 3. The van der Waals surface area contributed by atoms with Crippen LogP contribution < -0.4 is 10.6 Å². The van der Waals surface area contributed by atoms with Crippen molar-refractivity contribution < 1.29 is 9.13 Å². The first-order chi connectivity index (χ1) is 11.2. The SMILES string of the molecule is NC(=NCc1ccc(N2CCOCC2)c(F)c1)N1CCCCC1. The van der Waals surface area contributed by atoms with Crippen LogP contribution >= 0.6 is 0 Å². The number of halogens is 1. The van der Waals surface area contributed by atoms with Crippen molar-refractivity contribution in [1.29, 1.82) is 0 Å². The van der Waals surface area contributed by atoms with Gasteiger partial charge in [-0.1, -0.05) is 6.07 Å². The highest BCUT2D eigenvalue weighted by Gasteiger charge is 2.15. The Morgan fingerprint density at radius 2 is 1.87 bits per heavy atom. The monoisotopic (exact) mass is 320 g/mol. The Morgan fingerprint density at radius 3 is 2.57 bits per heavy atom. The lowest BCUT2D eigenvalue weighted by molar-refractivity contribution is 0.122. The zero-order valence-corrected chi connectivity index (χ0v) is 13.5. The standard InChI is InChI=1S/C17H25FN4O/c18-15-12-14(4-5-16(15)21-8-10-23-11-9-21)13-20-17(19)22-6-2-1-3-7-22/h4-5,12H,1-3,6-11,13H2,(H2,19,20). The first kappa shape index (κ1) is 16.1. The summed E-state index contributed by atoms with van der Waals surface area (Å²) in [5.41, 5.74) is 7.53. The maximum Gasteiger partial charge on any atom is 0.191 e. The van der Waals surface area contributed by atoms with E-state index in [1.807, 2.05) is 17.0 Å². The molecule has 0 radical (unpaired) electrons. The molecular formula is C17H25FN4O. The van der Waals surface area contributed by atoms with E-state index in [-0.39, 0.29) is 5.82 Å². The second-order valence-electron chi connectivity index (χ2n) is 6.11. The van der Waals surface area contributed by atoms with Gasteiger partial charge in [-0.3, -0.25) is 0 Å². The third kappa shape index (κ3) is 4.13. The highest BCUT2D eigenvalue weighted by molar-refractivity contribution is 5.78. The third-order valence-electron chi connectivity index (χ3n) is 4.47. The summed E-state index contributed by atoms with van der Waals surface area (Å²) < 4.78 is 19.6. The number of nitrogens with two attached hydrogens (primary N) is 1. The van der Waals surface area contributed by atoms with Crippen molar-refractivity contribution in [2.75, 3.05) is 44.3 Å². The fraction of sp³-hybridized carbons (Fsp3) is 0.588. The van der Waals surface area contributed by atoms with E-state index in [0.717, 1.165) is 31.7 Å². The molecule has 0 spiro atoms. The fourth-order valence-corrected chi connectivity index (χ4v) is 3.10. The molecule has 2 fully saturated rings. The van der Waals surface area contributed by atoms with Gasteiger partial charge in [-0.2, -0.15) is 0 Å². The third-order valence-corrected chi connectivity index (χ3v) is 4.47. The van der Waals surface area contributed by atoms with Crippen molar-refractivity contribution in [2.45, 2.75) is 25.8 Å². The molecule has 0 amide bonds. The Hall–Kier alpha value is -1.82. The molecule has 0 saturated carbocycles. The van der Waals surface area contributed by atoms with E-state index >= 15 is 0 Å². The van der Waals surface area contributed by atoms with Crippen LogP contribution in [0.3, 0.4) is 0 Å². The normalized spacial score (nSPS) is 20.0. The number of likely N-dealkylation sites (tertiary alicyclic amines) is 1. The number of hydrogen-bond donors (Lipinski definition) is 1. The summed E-state index contributed by atoms with van der Waals surface area (Å²) in [4.78, 5) is 8.56. The number of anilines is 1. The fourth-order valence-electron chi connectivity index (χ4n) is 3.10. The van der Waals surface area contributed by atoms with Gasteiger partial charge in [-0.15, -0.1) is 0 Å². The minimum absolute atomic E-state index is 0.198. The highest BCUT2D eigenvalue weighted by atomic mass is 19.1. The van der Waals surface area contributed by atoms with E-state index in [1.165, 1.54) is 19.3 Å². The Labute approximate surface area is 136 Å². The van der Waals surface area contributed by atoms with Crippen LogP contribution in [0.2, 0.25) is 0 Å². The maximum absolute atomic E-state index is 14.3. The van der Waals surface area contributed by atoms with Gasteiger partial charge in [0.2, 0.25) is 0 Å². The lowest BCUT2D eigenvalue weighted by Gasteiger charge is -2.29. The Balaban J connectivity index is 1.63. The van der Waals surface area contributed by atoms with Crippen LogP contribution in [0.25, 0.3) is 0 Å². The smallest absolute Gasteiger partial charge is 0.191 e. The summed E-state index contributed by atoms with van der Waals surface area (Å²) in [5, 5.41) is 0. The molecule has 2 heterocycles. The van der Waals surface area contributed by atoms with E-state index in [4.69, 9.17) is 10.5 Å². The largest absolute Gasteiger partial charge is 0.378 e.